The average molecular weight is 374 g/mol. The van der Waals surface area contributed by atoms with Crippen LogP contribution in [0.4, 0.5) is 4.39 Å². The Kier molecular flexibility index (Phi) is 5.65. The van der Waals surface area contributed by atoms with Crippen LogP contribution >= 0.6 is 11.6 Å². The molecular formula is C19H17ClFN3O2. The van der Waals surface area contributed by atoms with Gasteiger partial charge in [-0.3, -0.25) is 4.79 Å². The zero-order chi connectivity index (χ0) is 18.5. The van der Waals surface area contributed by atoms with Crippen molar-refractivity contribution < 1.29 is 13.9 Å². The molecule has 26 heavy (non-hydrogen) atoms. The van der Waals surface area contributed by atoms with Crippen LogP contribution in [0, 0.1) is 5.82 Å². The van der Waals surface area contributed by atoms with Gasteiger partial charge in [0.05, 0.1) is 23.0 Å². The van der Waals surface area contributed by atoms with Crippen molar-refractivity contribution in [2.45, 2.75) is 0 Å². The number of nitrogens with zero attached hydrogens (tertiary/aromatic N) is 2. The third kappa shape index (κ3) is 3.76. The highest BCUT2D eigenvalue weighted by molar-refractivity contribution is 6.32. The molecule has 2 aromatic carbocycles. The molecule has 0 aliphatic carbocycles. The molecule has 0 atom stereocenters. The number of hydrogen-bond acceptors (Lipinski definition) is 3. The minimum absolute atomic E-state index is 0.257. The smallest absolute Gasteiger partial charge is 0.270 e. The van der Waals surface area contributed by atoms with Crippen molar-refractivity contribution in [3.63, 3.8) is 0 Å². The first-order valence-electron chi connectivity index (χ1n) is 7.99. The minimum Gasteiger partial charge on any atom is -0.383 e. The molecule has 0 bridgehead atoms. The van der Waals surface area contributed by atoms with Gasteiger partial charge in [0.2, 0.25) is 0 Å². The van der Waals surface area contributed by atoms with Crippen molar-refractivity contribution in [3.8, 4) is 16.9 Å². The van der Waals surface area contributed by atoms with Gasteiger partial charge < -0.3 is 10.1 Å². The molecule has 0 unspecified atom stereocenters. The molecule has 1 amide bonds. The quantitative estimate of drug-likeness (QED) is 0.670. The van der Waals surface area contributed by atoms with Gasteiger partial charge in [0, 0.05) is 19.2 Å². The minimum atomic E-state index is -0.414. The lowest BCUT2D eigenvalue weighted by molar-refractivity contribution is 0.0929. The fourth-order valence-electron chi connectivity index (χ4n) is 2.51. The van der Waals surface area contributed by atoms with Crippen LogP contribution in [0.15, 0.2) is 54.6 Å². The largest absolute Gasteiger partial charge is 0.383 e. The summed E-state index contributed by atoms with van der Waals surface area (Å²) in [6, 6.07) is 14.8. The van der Waals surface area contributed by atoms with Gasteiger partial charge in [-0.2, -0.15) is 5.10 Å². The SMILES string of the molecule is COCCNC(=O)c1cc(-c2ccccc2F)nn1-c1ccccc1Cl. The fraction of sp³-hybridized carbons (Fsp3) is 0.158. The van der Waals surface area contributed by atoms with Gasteiger partial charge >= 0.3 is 0 Å². The van der Waals surface area contributed by atoms with Crippen molar-refractivity contribution in [2.75, 3.05) is 20.3 Å². The summed E-state index contributed by atoms with van der Waals surface area (Å²) in [4.78, 5) is 12.6. The first-order valence-corrected chi connectivity index (χ1v) is 8.36. The number of amides is 1. The maximum absolute atomic E-state index is 14.2. The molecule has 0 fully saturated rings. The van der Waals surface area contributed by atoms with E-state index in [2.05, 4.69) is 10.4 Å². The Bertz CT molecular complexity index is 927. The topological polar surface area (TPSA) is 56.1 Å². The normalized spacial score (nSPS) is 10.7. The maximum atomic E-state index is 14.2. The van der Waals surface area contributed by atoms with Crippen LogP contribution in [-0.4, -0.2) is 35.9 Å². The third-order valence-corrected chi connectivity index (χ3v) is 4.08. The summed E-state index contributed by atoms with van der Waals surface area (Å²) >= 11 is 6.26. The number of methoxy groups -OCH3 is 1. The van der Waals surface area contributed by atoms with E-state index in [1.807, 2.05) is 0 Å². The van der Waals surface area contributed by atoms with Crippen LogP contribution in [0.1, 0.15) is 10.5 Å². The summed E-state index contributed by atoms with van der Waals surface area (Å²) < 4.78 is 20.5. The number of benzene rings is 2. The summed E-state index contributed by atoms with van der Waals surface area (Å²) in [5, 5.41) is 7.60. The van der Waals surface area contributed by atoms with E-state index in [-0.39, 0.29) is 11.6 Å². The van der Waals surface area contributed by atoms with E-state index in [9.17, 15) is 9.18 Å². The van der Waals surface area contributed by atoms with Crippen molar-refractivity contribution in [2.24, 2.45) is 0 Å². The summed E-state index contributed by atoms with van der Waals surface area (Å²) in [6.45, 7) is 0.726. The Balaban J connectivity index is 2.08. The van der Waals surface area contributed by atoms with Crippen molar-refractivity contribution >= 4 is 17.5 Å². The lowest BCUT2D eigenvalue weighted by Gasteiger charge is -2.09. The van der Waals surface area contributed by atoms with Gasteiger partial charge in [-0.1, -0.05) is 35.9 Å². The van der Waals surface area contributed by atoms with Crippen LogP contribution in [0.5, 0.6) is 0 Å². The molecule has 0 spiro atoms. The molecule has 0 aliphatic rings. The number of aromatic nitrogens is 2. The first kappa shape index (κ1) is 18.1. The molecule has 0 saturated carbocycles. The molecule has 3 aromatic rings. The highest BCUT2D eigenvalue weighted by Gasteiger charge is 2.20. The number of rotatable bonds is 6. The fourth-order valence-corrected chi connectivity index (χ4v) is 2.72. The number of halogens is 2. The van der Waals surface area contributed by atoms with Crippen LogP contribution in [0.25, 0.3) is 16.9 Å². The maximum Gasteiger partial charge on any atom is 0.270 e. The Labute approximate surface area is 155 Å². The average Bonchev–Trinajstić information content (AvgIpc) is 3.07. The molecule has 0 saturated heterocycles. The molecule has 1 aromatic heterocycles. The monoisotopic (exact) mass is 373 g/mol. The highest BCUT2D eigenvalue weighted by atomic mass is 35.5. The number of ether oxygens (including phenoxy) is 1. The number of para-hydroxylation sites is 1. The van der Waals surface area contributed by atoms with Crippen molar-refractivity contribution in [1.29, 1.82) is 0 Å². The zero-order valence-electron chi connectivity index (χ0n) is 14.1. The Morgan fingerprint density at radius 2 is 1.96 bits per heavy atom. The number of carbonyl (C=O) groups is 1. The van der Waals surface area contributed by atoms with Crippen LogP contribution in [0.2, 0.25) is 5.02 Å². The van der Waals surface area contributed by atoms with Gasteiger partial charge in [-0.05, 0) is 30.3 Å². The molecule has 0 aliphatic heterocycles. The third-order valence-electron chi connectivity index (χ3n) is 3.76. The van der Waals surface area contributed by atoms with E-state index in [1.165, 1.54) is 10.7 Å². The zero-order valence-corrected chi connectivity index (χ0v) is 14.8. The van der Waals surface area contributed by atoms with Gasteiger partial charge in [-0.15, -0.1) is 0 Å². The molecule has 1 heterocycles. The van der Waals surface area contributed by atoms with Crippen molar-refractivity contribution in [1.82, 2.24) is 15.1 Å². The standard InChI is InChI=1S/C19H17ClFN3O2/c1-26-11-10-22-19(25)18-12-16(13-6-2-4-8-15(13)21)23-24(18)17-9-5-3-7-14(17)20/h2-9,12H,10-11H2,1H3,(H,22,25). The molecule has 7 heteroatoms. The van der Waals surface area contributed by atoms with Gasteiger partial charge in [-0.25, -0.2) is 9.07 Å². The summed E-state index contributed by atoms with van der Waals surface area (Å²) in [7, 11) is 1.55. The van der Waals surface area contributed by atoms with Crippen LogP contribution in [-0.2, 0) is 4.74 Å². The molecule has 134 valence electrons. The highest BCUT2D eigenvalue weighted by Crippen LogP contribution is 2.27. The van der Waals surface area contributed by atoms with E-state index in [0.29, 0.717) is 35.1 Å². The van der Waals surface area contributed by atoms with E-state index in [1.54, 1.807) is 55.6 Å². The lowest BCUT2D eigenvalue weighted by Crippen LogP contribution is -2.28. The van der Waals surface area contributed by atoms with Crippen LogP contribution in [0.3, 0.4) is 0 Å². The predicted molar refractivity (Wildman–Crippen MR) is 98.2 cm³/mol. The second kappa shape index (κ2) is 8.12. The summed E-state index contributed by atoms with van der Waals surface area (Å²) in [5.41, 5.74) is 1.45. The van der Waals surface area contributed by atoms with Crippen molar-refractivity contribution in [3.05, 3.63) is 71.1 Å². The van der Waals surface area contributed by atoms with E-state index < -0.39 is 5.82 Å². The number of hydrogen-bond donors (Lipinski definition) is 1. The number of carbonyl (C=O) groups excluding carboxylic acids is 1. The van der Waals surface area contributed by atoms with Gasteiger partial charge in [0.1, 0.15) is 11.5 Å². The second-order valence-corrected chi connectivity index (χ2v) is 5.91. The Morgan fingerprint density at radius 1 is 1.23 bits per heavy atom. The van der Waals surface area contributed by atoms with E-state index >= 15 is 0 Å². The predicted octanol–water partition coefficient (Wildman–Crippen LogP) is 3.71. The molecule has 0 radical (unpaired) electrons. The summed E-state index contributed by atoms with van der Waals surface area (Å²) in [5.74, 6) is -0.764. The van der Waals surface area contributed by atoms with Gasteiger partial charge in [0.25, 0.3) is 5.91 Å². The van der Waals surface area contributed by atoms with Crippen LogP contribution < -0.4 is 5.32 Å². The molecular weight excluding hydrogens is 357 g/mol. The Hall–Kier alpha value is -2.70. The lowest BCUT2D eigenvalue weighted by atomic mass is 10.1. The van der Waals surface area contributed by atoms with E-state index in [0.717, 1.165) is 0 Å². The Morgan fingerprint density at radius 3 is 2.69 bits per heavy atom. The molecule has 5 nitrogen and oxygen atoms in total. The molecule has 3 rings (SSSR count). The summed E-state index contributed by atoms with van der Waals surface area (Å²) in [6.07, 6.45) is 0. The number of nitrogens with one attached hydrogen (secondary N) is 1. The van der Waals surface area contributed by atoms with E-state index in [4.69, 9.17) is 16.3 Å². The second-order valence-electron chi connectivity index (χ2n) is 5.51. The first-order chi connectivity index (χ1) is 12.6. The molecule has 1 N–H and O–H groups in total. The van der Waals surface area contributed by atoms with Gasteiger partial charge in [0.15, 0.2) is 0 Å².